The Morgan fingerprint density at radius 2 is 1.95 bits per heavy atom. The summed E-state index contributed by atoms with van der Waals surface area (Å²) in [6.07, 6.45) is 3.78. The minimum atomic E-state index is -0.165. The molecule has 3 nitrogen and oxygen atoms in total. The highest BCUT2D eigenvalue weighted by Gasteiger charge is 2.20. The second-order valence-electron chi connectivity index (χ2n) is 4.55. The highest BCUT2D eigenvalue weighted by molar-refractivity contribution is 14.1. The first-order valence-electron chi connectivity index (χ1n) is 6.64. The van der Waals surface area contributed by atoms with Crippen molar-refractivity contribution in [3.05, 3.63) is 24.8 Å². The molecule has 0 aromatic heterocycles. The average molecular weight is 497 g/mol. The van der Waals surface area contributed by atoms with E-state index in [1.54, 1.807) is 12.1 Å². The summed E-state index contributed by atoms with van der Waals surface area (Å²) in [6.45, 7) is 4.13. The molecule has 0 aliphatic heterocycles. The van der Waals surface area contributed by atoms with Crippen LogP contribution >= 0.6 is 45.2 Å². The molecule has 1 aromatic rings. The van der Waals surface area contributed by atoms with Crippen LogP contribution in [0.4, 0.5) is 0 Å². The normalized spacial score (nSPS) is 11.8. The molecule has 5 heteroatoms. The summed E-state index contributed by atoms with van der Waals surface area (Å²) < 4.78 is 7.15. The molecule has 0 saturated heterocycles. The molecule has 0 saturated carbocycles. The quantitative estimate of drug-likeness (QED) is 0.320. The summed E-state index contributed by atoms with van der Waals surface area (Å²) in [5, 5.41) is 8.92. The van der Waals surface area contributed by atoms with Crippen LogP contribution in [0, 0.1) is 24.4 Å². The molecule has 108 valence electrons. The molecule has 0 aliphatic rings. The third kappa shape index (κ3) is 4.88. The van der Waals surface area contributed by atoms with E-state index in [9.17, 15) is 4.79 Å². The summed E-state index contributed by atoms with van der Waals surface area (Å²) in [7, 11) is 0. The number of nitriles is 1. The lowest BCUT2D eigenvalue weighted by molar-refractivity contribution is -0.139. The van der Waals surface area contributed by atoms with Crippen molar-refractivity contribution in [2.24, 2.45) is 5.92 Å². The smallest absolute Gasteiger partial charge is 0.314 e. The summed E-state index contributed by atoms with van der Waals surface area (Å²) in [4.78, 5) is 12.2. The summed E-state index contributed by atoms with van der Waals surface area (Å²) >= 11 is 4.20. The zero-order chi connectivity index (χ0) is 15.1. The number of halogens is 2. The van der Waals surface area contributed by atoms with Gasteiger partial charge in [-0.25, -0.2) is 0 Å². The van der Waals surface area contributed by atoms with Crippen LogP contribution in [0.2, 0.25) is 0 Å². The fourth-order valence-corrected chi connectivity index (χ4v) is 3.83. The number of unbranched alkanes of at least 4 members (excludes halogenated alkanes) is 1. The SMILES string of the molecule is CCCCC(CC)C(=O)Oc1c(I)cc(C#N)cc1I. The third-order valence-electron chi connectivity index (χ3n) is 3.06. The van der Waals surface area contributed by atoms with Gasteiger partial charge in [0.05, 0.1) is 24.7 Å². The molecule has 1 atom stereocenters. The van der Waals surface area contributed by atoms with Crippen molar-refractivity contribution in [2.75, 3.05) is 0 Å². The molecule has 1 aromatic carbocycles. The third-order valence-corrected chi connectivity index (χ3v) is 4.66. The van der Waals surface area contributed by atoms with Crippen molar-refractivity contribution in [1.29, 1.82) is 5.26 Å². The van der Waals surface area contributed by atoms with Gasteiger partial charge in [-0.05, 0) is 70.2 Å². The van der Waals surface area contributed by atoms with Crippen LogP contribution in [0.1, 0.15) is 45.1 Å². The fraction of sp³-hybridized carbons (Fsp3) is 0.467. The summed E-state index contributed by atoms with van der Waals surface area (Å²) in [5.74, 6) is 0.365. The molecular weight excluding hydrogens is 480 g/mol. The van der Waals surface area contributed by atoms with E-state index in [1.807, 2.05) is 6.92 Å². The van der Waals surface area contributed by atoms with Gasteiger partial charge in [0.1, 0.15) is 0 Å². The van der Waals surface area contributed by atoms with Gasteiger partial charge < -0.3 is 4.74 Å². The van der Waals surface area contributed by atoms with Gasteiger partial charge in [-0.2, -0.15) is 5.26 Å². The van der Waals surface area contributed by atoms with Crippen LogP contribution in [0.5, 0.6) is 5.75 Å². The summed E-state index contributed by atoms with van der Waals surface area (Å²) in [6, 6.07) is 5.57. The van der Waals surface area contributed by atoms with E-state index >= 15 is 0 Å². The molecule has 1 rings (SSSR count). The van der Waals surface area contributed by atoms with E-state index in [2.05, 4.69) is 58.2 Å². The molecule has 0 spiro atoms. The first-order chi connectivity index (χ1) is 9.53. The van der Waals surface area contributed by atoms with E-state index in [0.717, 1.165) is 32.8 Å². The number of esters is 1. The van der Waals surface area contributed by atoms with E-state index in [0.29, 0.717) is 11.3 Å². The van der Waals surface area contributed by atoms with Crippen molar-refractivity contribution >= 4 is 51.2 Å². The first-order valence-corrected chi connectivity index (χ1v) is 8.80. The monoisotopic (exact) mass is 497 g/mol. The molecule has 20 heavy (non-hydrogen) atoms. The first kappa shape index (κ1) is 17.7. The lowest BCUT2D eigenvalue weighted by Crippen LogP contribution is -2.21. The number of carbonyl (C=O) groups excluding carboxylic acids is 1. The van der Waals surface area contributed by atoms with E-state index in [4.69, 9.17) is 10.00 Å². The molecular formula is C15H17I2NO2. The second kappa shape index (κ2) is 8.82. The van der Waals surface area contributed by atoms with Crippen molar-refractivity contribution in [2.45, 2.75) is 39.5 Å². The van der Waals surface area contributed by atoms with Gasteiger partial charge >= 0.3 is 5.97 Å². The number of hydrogen-bond acceptors (Lipinski definition) is 3. The van der Waals surface area contributed by atoms with Gasteiger partial charge in [-0.3, -0.25) is 4.79 Å². The molecule has 0 radical (unpaired) electrons. The highest BCUT2D eigenvalue weighted by Crippen LogP contribution is 2.30. The van der Waals surface area contributed by atoms with Gasteiger partial charge in [0.2, 0.25) is 0 Å². The maximum Gasteiger partial charge on any atom is 0.314 e. The lowest BCUT2D eigenvalue weighted by atomic mass is 10.00. The maximum atomic E-state index is 12.2. The van der Waals surface area contributed by atoms with Crippen LogP contribution in [-0.2, 0) is 4.79 Å². The predicted octanol–water partition coefficient (Wildman–Crippen LogP) is 4.89. The number of nitrogens with zero attached hydrogens (tertiary/aromatic N) is 1. The Hall–Kier alpha value is -0.360. The minimum Gasteiger partial charge on any atom is -0.424 e. The number of benzene rings is 1. The van der Waals surface area contributed by atoms with Crippen LogP contribution in [0.15, 0.2) is 12.1 Å². The number of carbonyl (C=O) groups is 1. The van der Waals surface area contributed by atoms with Gasteiger partial charge in [-0.15, -0.1) is 0 Å². The minimum absolute atomic E-state index is 0.0443. The van der Waals surface area contributed by atoms with Crippen molar-refractivity contribution in [3.63, 3.8) is 0 Å². The molecule has 0 fully saturated rings. The van der Waals surface area contributed by atoms with Crippen LogP contribution in [-0.4, -0.2) is 5.97 Å². The maximum absolute atomic E-state index is 12.2. The van der Waals surface area contributed by atoms with Gasteiger partial charge in [0.15, 0.2) is 5.75 Å². The van der Waals surface area contributed by atoms with Gasteiger partial charge in [0, 0.05) is 0 Å². The molecule has 0 amide bonds. The Morgan fingerprint density at radius 3 is 2.40 bits per heavy atom. The Labute approximate surface area is 147 Å². The van der Waals surface area contributed by atoms with Crippen molar-refractivity contribution in [1.82, 2.24) is 0 Å². The zero-order valence-electron chi connectivity index (χ0n) is 11.6. The predicted molar refractivity (Wildman–Crippen MR) is 95.5 cm³/mol. The molecule has 0 heterocycles. The van der Waals surface area contributed by atoms with Gasteiger partial charge in [0.25, 0.3) is 0 Å². The summed E-state index contributed by atoms with van der Waals surface area (Å²) in [5.41, 5.74) is 0.580. The van der Waals surface area contributed by atoms with E-state index in [1.165, 1.54) is 0 Å². The Balaban J connectivity index is 2.87. The van der Waals surface area contributed by atoms with Crippen molar-refractivity contribution < 1.29 is 9.53 Å². The van der Waals surface area contributed by atoms with Crippen LogP contribution in [0.25, 0.3) is 0 Å². The van der Waals surface area contributed by atoms with E-state index < -0.39 is 0 Å². The standard InChI is InChI=1S/C15H17I2NO2/c1-3-5-6-11(4-2)15(19)20-14-12(16)7-10(9-18)8-13(14)17/h7-8,11H,3-6H2,1-2H3. The largest absolute Gasteiger partial charge is 0.424 e. The average Bonchev–Trinajstić information content (AvgIpc) is 2.43. The van der Waals surface area contributed by atoms with E-state index in [-0.39, 0.29) is 11.9 Å². The second-order valence-corrected chi connectivity index (χ2v) is 6.87. The number of hydrogen-bond donors (Lipinski definition) is 0. The lowest BCUT2D eigenvalue weighted by Gasteiger charge is -2.15. The Morgan fingerprint density at radius 1 is 1.35 bits per heavy atom. The Kier molecular flexibility index (Phi) is 7.80. The number of rotatable bonds is 6. The zero-order valence-corrected chi connectivity index (χ0v) is 15.9. The fourth-order valence-electron chi connectivity index (χ4n) is 1.85. The molecule has 0 bridgehead atoms. The van der Waals surface area contributed by atoms with Gasteiger partial charge in [-0.1, -0.05) is 26.7 Å². The number of ether oxygens (including phenoxy) is 1. The van der Waals surface area contributed by atoms with Crippen molar-refractivity contribution in [3.8, 4) is 11.8 Å². The Bertz CT molecular complexity index is 500. The van der Waals surface area contributed by atoms with Crippen LogP contribution < -0.4 is 4.74 Å². The molecule has 0 N–H and O–H groups in total. The molecule has 1 unspecified atom stereocenters. The highest BCUT2D eigenvalue weighted by atomic mass is 127. The topological polar surface area (TPSA) is 50.1 Å². The molecule has 0 aliphatic carbocycles. The van der Waals surface area contributed by atoms with Crippen LogP contribution in [0.3, 0.4) is 0 Å².